The molecule has 1 aliphatic carbocycles. The fourth-order valence-corrected chi connectivity index (χ4v) is 3.30. The molecule has 1 saturated carbocycles. The van der Waals surface area contributed by atoms with Gasteiger partial charge in [-0.15, -0.1) is 0 Å². The molecule has 0 spiro atoms. The first kappa shape index (κ1) is 15.0. The zero-order valence-electron chi connectivity index (χ0n) is 12.5. The van der Waals surface area contributed by atoms with E-state index in [-0.39, 0.29) is 17.6 Å². The van der Waals surface area contributed by atoms with Crippen LogP contribution >= 0.6 is 0 Å². The van der Waals surface area contributed by atoms with Crippen molar-refractivity contribution in [1.82, 2.24) is 0 Å². The third-order valence-electron chi connectivity index (χ3n) is 4.45. The van der Waals surface area contributed by atoms with Gasteiger partial charge in [0.1, 0.15) is 5.82 Å². The third-order valence-corrected chi connectivity index (χ3v) is 4.45. The first-order chi connectivity index (χ1) is 9.47. The monoisotopic (exact) mass is 277 g/mol. The van der Waals surface area contributed by atoms with Gasteiger partial charge in [0, 0.05) is 11.6 Å². The molecule has 0 saturated heterocycles. The topological polar surface area (TPSA) is 29.1 Å². The summed E-state index contributed by atoms with van der Waals surface area (Å²) >= 11 is 0. The predicted octanol–water partition coefficient (Wildman–Crippen LogP) is 4.47. The van der Waals surface area contributed by atoms with Crippen molar-refractivity contribution in [3.63, 3.8) is 0 Å². The number of carbonyl (C=O) groups excluding carboxylic acids is 1. The van der Waals surface area contributed by atoms with Gasteiger partial charge in [0.25, 0.3) is 0 Å². The summed E-state index contributed by atoms with van der Waals surface area (Å²) < 4.78 is 13.2. The number of nitrogens with one attached hydrogen (secondary N) is 1. The number of hydrogen-bond acceptors (Lipinski definition) is 1. The van der Waals surface area contributed by atoms with Crippen LogP contribution in [0.4, 0.5) is 10.1 Å². The molecule has 20 heavy (non-hydrogen) atoms. The molecule has 0 heterocycles. The Kier molecular flexibility index (Phi) is 4.79. The van der Waals surface area contributed by atoms with Crippen molar-refractivity contribution >= 4 is 11.6 Å². The molecule has 1 amide bonds. The van der Waals surface area contributed by atoms with Gasteiger partial charge < -0.3 is 5.32 Å². The quantitative estimate of drug-likeness (QED) is 0.867. The molecule has 2 nitrogen and oxygen atoms in total. The molecule has 1 N–H and O–H groups in total. The van der Waals surface area contributed by atoms with Crippen molar-refractivity contribution < 1.29 is 9.18 Å². The average molecular weight is 277 g/mol. The Balaban J connectivity index is 2.09. The van der Waals surface area contributed by atoms with Crippen LogP contribution < -0.4 is 5.32 Å². The van der Waals surface area contributed by atoms with Crippen LogP contribution in [0.5, 0.6) is 0 Å². The van der Waals surface area contributed by atoms with Crippen LogP contribution in [0.1, 0.15) is 40.0 Å². The first-order valence-electron chi connectivity index (χ1n) is 7.53. The molecule has 110 valence electrons. The third kappa shape index (κ3) is 3.59. The number of amides is 1. The van der Waals surface area contributed by atoms with Crippen molar-refractivity contribution in [1.29, 1.82) is 0 Å². The van der Waals surface area contributed by atoms with Crippen molar-refractivity contribution in [2.45, 2.75) is 40.0 Å². The predicted molar refractivity (Wildman–Crippen MR) is 79.9 cm³/mol. The Morgan fingerprint density at radius 3 is 2.75 bits per heavy atom. The van der Waals surface area contributed by atoms with E-state index in [1.165, 1.54) is 18.6 Å². The van der Waals surface area contributed by atoms with Gasteiger partial charge in [0.05, 0.1) is 0 Å². The number of carbonyl (C=O) groups is 1. The van der Waals surface area contributed by atoms with Gasteiger partial charge in [0.15, 0.2) is 0 Å². The molecule has 1 aromatic carbocycles. The number of halogens is 1. The molecule has 1 aliphatic rings. The summed E-state index contributed by atoms with van der Waals surface area (Å²) in [6.45, 7) is 6.57. The van der Waals surface area contributed by atoms with E-state index in [1.807, 2.05) is 0 Å². The summed E-state index contributed by atoms with van der Waals surface area (Å²) in [4.78, 5) is 12.5. The molecule has 0 aliphatic heterocycles. The molecule has 1 aromatic rings. The van der Waals surface area contributed by atoms with Gasteiger partial charge in [-0.25, -0.2) is 4.39 Å². The van der Waals surface area contributed by atoms with E-state index >= 15 is 0 Å². The lowest BCUT2D eigenvalue weighted by molar-refractivity contribution is -0.123. The molecule has 3 atom stereocenters. The Hall–Kier alpha value is -1.38. The Bertz CT molecular complexity index is 472. The highest BCUT2D eigenvalue weighted by Gasteiger charge is 2.35. The van der Waals surface area contributed by atoms with Crippen LogP contribution in [0.2, 0.25) is 0 Å². The van der Waals surface area contributed by atoms with E-state index in [0.29, 0.717) is 23.4 Å². The SMILES string of the molecule is CC(C)[C@@H]1CC[C@@H](C)C[C@H]1C(=O)Nc1cccc(F)c1. The average Bonchev–Trinajstić information content (AvgIpc) is 2.38. The lowest BCUT2D eigenvalue weighted by atomic mass is 9.70. The first-order valence-corrected chi connectivity index (χ1v) is 7.53. The summed E-state index contributed by atoms with van der Waals surface area (Å²) in [5, 5.41) is 2.88. The van der Waals surface area contributed by atoms with E-state index in [9.17, 15) is 9.18 Å². The van der Waals surface area contributed by atoms with Crippen molar-refractivity contribution in [3.05, 3.63) is 30.1 Å². The standard InChI is InChI=1S/C17H24FNO/c1-11(2)15-8-7-12(3)9-16(15)17(20)19-14-6-4-5-13(18)10-14/h4-6,10-12,15-16H,7-9H2,1-3H3,(H,19,20)/t12-,15+,16-/m1/s1. The molecule has 2 rings (SSSR count). The molecule has 0 unspecified atom stereocenters. The van der Waals surface area contributed by atoms with E-state index in [0.717, 1.165) is 12.8 Å². The molecule has 3 heteroatoms. The summed E-state index contributed by atoms with van der Waals surface area (Å²) in [5.41, 5.74) is 0.552. The van der Waals surface area contributed by atoms with Crippen LogP contribution in [-0.2, 0) is 4.79 Å². The van der Waals surface area contributed by atoms with Gasteiger partial charge in [0.2, 0.25) is 5.91 Å². The second kappa shape index (κ2) is 6.38. The highest BCUT2D eigenvalue weighted by atomic mass is 19.1. The van der Waals surface area contributed by atoms with Gasteiger partial charge in [-0.05, 0) is 48.8 Å². The normalized spacial score (nSPS) is 26.6. The molecular weight excluding hydrogens is 253 g/mol. The molecule has 1 fully saturated rings. The van der Waals surface area contributed by atoms with Crippen molar-refractivity contribution in [2.24, 2.45) is 23.7 Å². The smallest absolute Gasteiger partial charge is 0.227 e. The Morgan fingerprint density at radius 2 is 2.10 bits per heavy atom. The number of rotatable bonds is 3. The van der Waals surface area contributed by atoms with E-state index < -0.39 is 0 Å². The minimum absolute atomic E-state index is 0.0425. The largest absolute Gasteiger partial charge is 0.326 e. The van der Waals surface area contributed by atoms with Gasteiger partial charge in [-0.1, -0.05) is 33.3 Å². The van der Waals surface area contributed by atoms with Crippen LogP contribution in [0.3, 0.4) is 0 Å². The van der Waals surface area contributed by atoms with Crippen molar-refractivity contribution in [2.75, 3.05) is 5.32 Å². The maximum Gasteiger partial charge on any atom is 0.227 e. The van der Waals surface area contributed by atoms with E-state index in [1.54, 1.807) is 12.1 Å². The van der Waals surface area contributed by atoms with Gasteiger partial charge in [-0.3, -0.25) is 4.79 Å². The zero-order valence-corrected chi connectivity index (χ0v) is 12.5. The van der Waals surface area contributed by atoms with Crippen LogP contribution in [0.15, 0.2) is 24.3 Å². The second-order valence-electron chi connectivity index (χ2n) is 6.43. The highest BCUT2D eigenvalue weighted by molar-refractivity contribution is 5.92. The zero-order chi connectivity index (χ0) is 14.7. The van der Waals surface area contributed by atoms with Crippen molar-refractivity contribution in [3.8, 4) is 0 Å². The maximum atomic E-state index is 13.2. The molecular formula is C17H24FNO. The fraction of sp³-hybridized carbons (Fsp3) is 0.588. The molecule has 0 radical (unpaired) electrons. The Labute approximate surface area is 120 Å². The summed E-state index contributed by atoms with van der Waals surface area (Å²) in [6, 6.07) is 6.11. The lowest BCUT2D eigenvalue weighted by Crippen LogP contribution is -2.36. The second-order valence-corrected chi connectivity index (χ2v) is 6.43. The lowest BCUT2D eigenvalue weighted by Gasteiger charge is -2.36. The minimum Gasteiger partial charge on any atom is -0.326 e. The molecule has 0 bridgehead atoms. The maximum absolute atomic E-state index is 13.2. The fourth-order valence-electron chi connectivity index (χ4n) is 3.30. The number of hydrogen-bond donors (Lipinski definition) is 1. The van der Waals surface area contributed by atoms with E-state index in [2.05, 4.69) is 26.1 Å². The minimum atomic E-state index is -0.319. The van der Waals surface area contributed by atoms with Gasteiger partial charge in [-0.2, -0.15) is 0 Å². The van der Waals surface area contributed by atoms with Crippen LogP contribution in [0.25, 0.3) is 0 Å². The van der Waals surface area contributed by atoms with Crippen LogP contribution in [0, 0.1) is 29.5 Å². The summed E-state index contributed by atoms with van der Waals surface area (Å²) in [6.07, 6.45) is 3.25. The Morgan fingerprint density at radius 1 is 1.35 bits per heavy atom. The summed E-state index contributed by atoms with van der Waals surface area (Å²) in [5.74, 6) is 1.29. The number of benzene rings is 1. The summed E-state index contributed by atoms with van der Waals surface area (Å²) in [7, 11) is 0. The van der Waals surface area contributed by atoms with E-state index in [4.69, 9.17) is 0 Å². The van der Waals surface area contributed by atoms with Gasteiger partial charge >= 0.3 is 0 Å². The molecule has 0 aromatic heterocycles. The van der Waals surface area contributed by atoms with Crippen LogP contribution in [-0.4, -0.2) is 5.91 Å². The highest BCUT2D eigenvalue weighted by Crippen LogP contribution is 2.38. The number of anilines is 1.